The number of esters is 1. The topological polar surface area (TPSA) is 103 Å². The molecule has 0 bridgehead atoms. The number of ketones is 1. The Balaban J connectivity index is 2.49. The zero-order chi connectivity index (χ0) is 17.9. The number of aromatic nitrogens is 2. The second kappa shape index (κ2) is 6.83. The van der Waals surface area contributed by atoms with Gasteiger partial charge < -0.3 is 4.74 Å². The monoisotopic (exact) mass is 352 g/mol. The molecule has 7 nitrogen and oxygen atoms in total. The summed E-state index contributed by atoms with van der Waals surface area (Å²) in [7, 11) is -2.62. The van der Waals surface area contributed by atoms with Crippen LogP contribution in [-0.2, 0) is 19.4 Å². The summed E-state index contributed by atoms with van der Waals surface area (Å²) in [6, 6.07) is 5.93. The number of carbonyl (C=O) groups excluding carboxylic acids is 2. The first-order valence-corrected chi connectivity index (χ1v) is 8.54. The molecule has 2 rings (SSSR count). The average molecular weight is 352 g/mol. The number of hydrogen-bond donors (Lipinski definition) is 0. The van der Waals surface area contributed by atoms with Gasteiger partial charge in [-0.2, -0.15) is 0 Å². The summed E-state index contributed by atoms with van der Waals surface area (Å²) in [5.41, 5.74) is -0.0575. The van der Waals surface area contributed by atoms with Crippen LogP contribution in [0.25, 0.3) is 0 Å². The van der Waals surface area contributed by atoms with Gasteiger partial charge in [0.1, 0.15) is 17.4 Å². The van der Waals surface area contributed by atoms with Gasteiger partial charge in [-0.1, -0.05) is 12.1 Å². The third kappa shape index (κ3) is 3.80. The molecule has 24 heavy (non-hydrogen) atoms. The van der Waals surface area contributed by atoms with Crippen LogP contribution in [0.2, 0.25) is 0 Å². The summed E-state index contributed by atoms with van der Waals surface area (Å²) < 4.78 is 40.7. The van der Waals surface area contributed by atoms with Crippen LogP contribution >= 0.6 is 0 Å². The second-order valence-electron chi connectivity index (χ2n) is 4.87. The Morgan fingerprint density at radius 2 is 1.79 bits per heavy atom. The smallest absolute Gasteiger partial charge is 0.321 e. The fraction of sp³-hybridized carbons (Fsp3) is 0.200. The minimum Gasteiger partial charge on any atom is -0.468 e. The van der Waals surface area contributed by atoms with Gasteiger partial charge in [0.25, 0.3) is 0 Å². The SMILES string of the molecule is COC(=O)C(C(=O)c1ccnc(S(C)(=O)=O)n1)c1ccc(F)cc1. The van der Waals surface area contributed by atoms with E-state index in [1.54, 1.807) is 0 Å². The zero-order valence-electron chi connectivity index (χ0n) is 12.8. The number of carbonyl (C=O) groups is 2. The predicted octanol–water partition coefficient (Wildman–Crippen LogP) is 1.16. The van der Waals surface area contributed by atoms with Gasteiger partial charge in [-0.3, -0.25) is 9.59 Å². The summed E-state index contributed by atoms with van der Waals surface area (Å²) in [5, 5.41) is -0.531. The molecule has 0 amide bonds. The maximum absolute atomic E-state index is 13.1. The van der Waals surface area contributed by atoms with Crippen LogP contribution in [0.3, 0.4) is 0 Å². The van der Waals surface area contributed by atoms with Gasteiger partial charge in [0.15, 0.2) is 5.78 Å². The van der Waals surface area contributed by atoms with Crippen LogP contribution in [0.4, 0.5) is 4.39 Å². The van der Waals surface area contributed by atoms with E-state index in [0.29, 0.717) is 0 Å². The van der Waals surface area contributed by atoms with E-state index in [1.807, 2.05) is 0 Å². The second-order valence-corrected chi connectivity index (χ2v) is 6.78. The van der Waals surface area contributed by atoms with E-state index < -0.39 is 38.5 Å². The molecule has 0 spiro atoms. The molecule has 0 fully saturated rings. The Bertz CT molecular complexity index is 881. The van der Waals surface area contributed by atoms with Crippen molar-refractivity contribution in [2.75, 3.05) is 13.4 Å². The van der Waals surface area contributed by atoms with Crippen molar-refractivity contribution in [2.24, 2.45) is 0 Å². The van der Waals surface area contributed by atoms with Crippen molar-refractivity contribution in [1.82, 2.24) is 9.97 Å². The molecule has 0 radical (unpaired) electrons. The Labute approximate surface area is 137 Å². The quantitative estimate of drug-likeness (QED) is 0.344. The normalized spacial score (nSPS) is 12.5. The molecule has 1 atom stereocenters. The summed E-state index contributed by atoms with van der Waals surface area (Å²) in [5.74, 6) is -3.57. The Kier molecular flexibility index (Phi) is 5.03. The molecular formula is C15H13FN2O5S. The van der Waals surface area contributed by atoms with Gasteiger partial charge in [0.05, 0.1) is 7.11 Å². The standard InChI is InChI=1S/C15H13FN2O5S/c1-23-14(20)12(9-3-5-10(16)6-4-9)13(19)11-7-8-17-15(18-11)24(2,21)22/h3-8,12H,1-2H3. The summed E-state index contributed by atoms with van der Waals surface area (Å²) in [6.45, 7) is 0. The summed E-state index contributed by atoms with van der Waals surface area (Å²) >= 11 is 0. The highest BCUT2D eigenvalue weighted by atomic mass is 32.2. The minimum absolute atomic E-state index is 0.202. The first-order chi connectivity index (χ1) is 11.2. The highest BCUT2D eigenvalue weighted by Gasteiger charge is 2.32. The van der Waals surface area contributed by atoms with Crippen LogP contribution < -0.4 is 0 Å². The van der Waals surface area contributed by atoms with Crippen LogP contribution in [-0.4, -0.2) is 43.5 Å². The maximum atomic E-state index is 13.1. The van der Waals surface area contributed by atoms with Crippen molar-refractivity contribution in [1.29, 1.82) is 0 Å². The average Bonchev–Trinajstić information content (AvgIpc) is 2.55. The highest BCUT2D eigenvalue weighted by Crippen LogP contribution is 2.22. The molecule has 0 aliphatic rings. The highest BCUT2D eigenvalue weighted by molar-refractivity contribution is 7.90. The van der Waals surface area contributed by atoms with Gasteiger partial charge in [0, 0.05) is 12.5 Å². The summed E-state index contributed by atoms with van der Waals surface area (Å²) in [4.78, 5) is 31.9. The molecule has 0 aliphatic carbocycles. The molecule has 0 saturated heterocycles. The molecule has 1 aromatic carbocycles. The molecule has 9 heteroatoms. The third-order valence-electron chi connectivity index (χ3n) is 3.12. The van der Waals surface area contributed by atoms with Gasteiger partial charge in [-0.25, -0.2) is 22.8 Å². The predicted molar refractivity (Wildman–Crippen MR) is 80.6 cm³/mol. The van der Waals surface area contributed by atoms with Crippen LogP contribution in [0.15, 0.2) is 41.7 Å². The van der Waals surface area contributed by atoms with E-state index >= 15 is 0 Å². The Morgan fingerprint density at radius 3 is 2.33 bits per heavy atom. The molecule has 1 unspecified atom stereocenters. The number of benzene rings is 1. The third-order valence-corrected chi connectivity index (χ3v) is 3.98. The number of Topliss-reactive ketones (excluding diaryl/α,β-unsaturated/α-hetero) is 1. The van der Waals surface area contributed by atoms with Crippen molar-refractivity contribution in [3.63, 3.8) is 0 Å². The molecule has 1 aromatic heterocycles. The number of sulfone groups is 1. The van der Waals surface area contributed by atoms with Gasteiger partial charge in [-0.05, 0) is 23.8 Å². The lowest BCUT2D eigenvalue weighted by molar-refractivity contribution is -0.141. The Hall–Kier alpha value is -2.68. The lowest BCUT2D eigenvalue weighted by atomic mass is 9.93. The lowest BCUT2D eigenvalue weighted by Crippen LogP contribution is -2.25. The van der Waals surface area contributed by atoms with E-state index in [-0.39, 0.29) is 11.3 Å². The minimum atomic E-state index is -3.72. The van der Waals surface area contributed by atoms with E-state index in [2.05, 4.69) is 14.7 Å². The summed E-state index contributed by atoms with van der Waals surface area (Å²) in [6.07, 6.45) is 2.00. The zero-order valence-corrected chi connectivity index (χ0v) is 13.6. The molecule has 126 valence electrons. The number of ether oxygens (including phenoxy) is 1. The van der Waals surface area contributed by atoms with E-state index in [4.69, 9.17) is 0 Å². The van der Waals surface area contributed by atoms with Crippen molar-refractivity contribution in [2.45, 2.75) is 11.1 Å². The number of nitrogens with zero attached hydrogens (tertiary/aromatic N) is 2. The molecule has 0 saturated carbocycles. The van der Waals surface area contributed by atoms with Crippen LogP contribution in [0, 0.1) is 5.82 Å². The number of hydrogen-bond acceptors (Lipinski definition) is 7. The van der Waals surface area contributed by atoms with Crippen LogP contribution in [0.1, 0.15) is 22.0 Å². The first kappa shape index (κ1) is 17.7. The van der Waals surface area contributed by atoms with Crippen LogP contribution in [0.5, 0.6) is 0 Å². The molecular weight excluding hydrogens is 339 g/mol. The van der Waals surface area contributed by atoms with Gasteiger partial charge >= 0.3 is 5.97 Å². The largest absolute Gasteiger partial charge is 0.468 e. The lowest BCUT2D eigenvalue weighted by Gasteiger charge is -2.13. The maximum Gasteiger partial charge on any atom is 0.321 e. The Morgan fingerprint density at radius 1 is 1.17 bits per heavy atom. The molecule has 2 aromatic rings. The van der Waals surface area contributed by atoms with Crippen molar-refractivity contribution in [3.05, 3.63) is 53.6 Å². The number of halogens is 1. The van der Waals surface area contributed by atoms with Crippen molar-refractivity contribution >= 4 is 21.6 Å². The van der Waals surface area contributed by atoms with Gasteiger partial charge in [0.2, 0.25) is 15.0 Å². The van der Waals surface area contributed by atoms with Gasteiger partial charge in [-0.15, -0.1) is 0 Å². The van der Waals surface area contributed by atoms with Crippen molar-refractivity contribution in [3.8, 4) is 0 Å². The molecule has 1 heterocycles. The van der Waals surface area contributed by atoms with Crippen molar-refractivity contribution < 1.29 is 27.1 Å². The molecule has 0 aliphatic heterocycles. The molecule has 0 N–H and O–H groups in total. The number of methoxy groups -OCH3 is 1. The fourth-order valence-corrected chi connectivity index (χ4v) is 2.49. The van der Waals surface area contributed by atoms with E-state index in [0.717, 1.165) is 31.7 Å². The first-order valence-electron chi connectivity index (χ1n) is 6.64. The fourth-order valence-electron chi connectivity index (χ4n) is 1.97. The van der Waals surface area contributed by atoms with E-state index in [9.17, 15) is 22.4 Å². The van der Waals surface area contributed by atoms with E-state index in [1.165, 1.54) is 18.2 Å². The number of rotatable bonds is 5.